The summed E-state index contributed by atoms with van der Waals surface area (Å²) in [7, 11) is 1.17. The molecule has 2 N–H and O–H groups in total. The summed E-state index contributed by atoms with van der Waals surface area (Å²) >= 11 is 0. The molecule has 200 valence electrons. The van der Waals surface area contributed by atoms with Crippen LogP contribution in [0.2, 0.25) is 0 Å². The van der Waals surface area contributed by atoms with Gasteiger partial charge in [-0.2, -0.15) is 13.2 Å². The van der Waals surface area contributed by atoms with Crippen molar-refractivity contribution >= 4 is 17.9 Å². The molecule has 4 heterocycles. The summed E-state index contributed by atoms with van der Waals surface area (Å²) in [6.45, 7) is 2.02. The Morgan fingerprint density at radius 3 is 2.65 bits per heavy atom. The first-order valence-electron chi connectivity index (χ1n) is 12.6. The van der Waals surface area contributed by atoms with Crippen molar-refractivity contribution in [3.05, 3.63) is 35.4 Å². The number of amides is 1. The number of anilines is 2. The number of ether oxygens (including phenoxy) is 1. The molecule has 9 nitrogen and oxygen atoms in total. The normalized spacial score (nSPS) is 26.1. The van der Waals surface area contributed by atoms with Gasteiger partial charge >= 0.3 is 6.18 Å². The maximum absolute atomic E-state index is 13.6. The predicted molar refractivity (Wildman–Crippen MR) is 129 cm³/mol. The highest BCUT2D eigenvalue weighted by Crippen LogP contribution is 2.39. The summed E-state index contributed by atoms with van der Waals surface area (Å²) in [6.07, 6.45) is 2.84. The number of methoxy groups -OCH3 is 1. The van der Waals surface area contributed by atoms with Gasteiger partial charge in [0, 0.05) is 50.1 Å². The van der Waals surface area contributed by atoms with Crippen LogP contribution < -0.4 is 15.0 Å². The second-order valence-corrected chi connectivity index (χ2v) is 10.1. The second-order valence-electron chi connectivity index (χ2n) is 10.1. The average Bonchev–Trinajstić information content (AvgIpc) is 3.31. The molecule has 2 unspecified atom stereocenters. The highest BCUT2D eigenvalue weighted by molar-refractivity contribution is 5.56. The summed E-state index contributed by atoms with van der Waals surface area (Å²) < 4.78 is 45.5. The lowest BCUT2D eigenvalue weighted by Crippen LogP contribution is -2.37. The molecule has 0 aromatic carbocycles. The van der Waals surface area contributed by atoms with Crippen LogP contribution in [0.3, 0.4) is 0 Å². The molecule has 12 heteroatoms. The molecule has 0 spiro atoms. The first kappa shape index (κ1) is 25.5. The van der Waals surface area contributed by atoms with Crippen LogP contribution in [-0.4, -0.2) is 70.3 Å². The van der Waals surface area contributed by atoms with Crippen LogP contribution in [-0.2, 0) is 23.9 Å². The van der Waals surface area contributed by atoms with Crippen LogP contribution in [0.1, 0.15) is 42.5 Å². The van der Waals surface area contributed by atoms with Gasteiger partial charge < -0.3 is 25.0 Å². The van der Waals surface area contributed by atoms with Crippen LogP contribution in [0.25, 0.3) is 0 Å². The molecule has 1 saturated carbocycles. The summed E-state index contributed by atoms with van der Waals surface area (Å²) in [5.74, 6) is 0.807. The van der Waals surface area contributed by atoms with Gasteiger partial charge in [0.15, 0.2) is 0 Å². The summed E-state index contributed by atoms with van der Waals surface area (Å²) in [5, 5.41) is 13.5. The number of aliphatic hydroxyl groups is 1. The molecule has 5 rings (SSSR count). The Morgan fingerprint density at radius 2 is 1.95 bits per heavy atom. The molecule has 2 fully saturated rings. The molecule has 2 aromatic rings. The minimum absolute atomic E-state index is 0.0145. The van der Waals surface area contributed by atoms with Crippen LogP contribution in [0, 0.1) is 11.8 Å². The molecule has 2 aliphatic heterocycles. The summed E-state index contributed by atoms with van der Waals surface area (Å²) in [6, 6.07) is 1.06. The first-order chi connectivity index (χ1) is 17.8. The monoisotopic (exact) mass is 520 g/mol. The SMILES string of the molecule is COc1ncc(N2CCc3ncnc(NC4CN(C=O)CC4[C@H]4CC[C@H](O)CC4)c3C2)cc1C(F)(F)F. The fraction of sp³-hybridized carbons (Fsp3) is 0.600. The van der Waals surface area contributed by atoms with Gasteiger partial charge in [-0.3, -0.25) is 4.79 Å². The molecule has 1 aliphatic carbocycles. The van der Waals surface area contributed by atoms with E-state index in [-0.39, 0.29) is 18.1 Å². The number of likely N-dealkylation sites (tertiary alicyclic amines) is 1. The molecule has 0 radical (unpaired) electrons. The van der Waals surface area contributed by atoms with E-state index in [1.54, 1.807) is 4.90 Å². The van der Waals surface area contributed by atoms with Crippen molar-refractivity contribution in [2.75, 3.05) is 37.0 Å². The molecule has 1 saturated heterocycles. The van der Waals surface area contributed by atoms with Crippen molar-refractivity contribution < 1.29 is 27.8 Å². The fourth-order valence-electron chi connectivity index (χ4n) is 5.95. The van der Waals surface area contributed by atoms with Crippen molar-refractivity contribution in [1.82, 2.24) is 19.9 Å². The highest BCUT2D eigenvalue weighted by Gasteiger charge is 2.40. The summed E-state index contributed by atoms with van der Waals surface area (Å²) in [4.78, 5) is 28.0. The number of nitrogens with one attached hydrogen (secondary N) is 1. The second kappa shape index (κ2) is 10.3. The lowest BCUT2D eigenvalue weighted by atomic mass is 9.77. The smallest absolute Gasteiger partial charge is 0.421 e. The highest BCUT2D eigenvalue weighted by atomic mass is 19.4. The number of carbonyl (C=O) groups excluding carboxylic acids is 1. The number of fused-ring (bicyclic) bond motifs is 1. The molecule has 0 bridgehead atoms. The van der Waals surface area contributed by atoms with Gasteiger partial charge in [0.2, 0.25) is 12.3 Å². The average molecular weight is 521 g/mol. The van der Waals surface area contributed by atoms with Gasteiger partial charge in [0.05, 0.1) is 30.8 Å². The van der Waals surface area contributed by atoms with Gasteiger partial charge in [-0.1, -0.05) is 0 Å². The van der Waals surface area contributed by atoms with Crippen molar-refractivity contribution in [3.8, 4) is 5.88 Å². The van der Waals surface area contributed by atoms with Crippen molar-refractivity contribution in [2.24, 2.45) is 11.8 Å². The zero-order chi connectivity index (χ0) is 26.2. The molecule has 1 amide bonds. The topological polar surface area (TPSA) is 104 Å². The molecular weight excluding hydrogens is 489 g/mol. The van der Waals surface area contributed by atoms with E-state index in [2.05, 4.69) is 20.3 Å². The van der Waals surface area contributed by atoms with Gasteiger partial charge in [-0.05, 0) is 37.7 Å². The van der Waals surface area contributed by atoms with Crippen molar-refractivity contribution in [1.29, 1.82) is 0 Å². The standard InChI is InChI=1S/C25H31F3N6O3/c1-37-24-20(25(26,27)28)8-16(9-29-24)34-7-6-21-19(11-34)23(31-13-30-21)32-22-12-33(14-35)10-18(22)15-2-4-17(36)5-3-15/h8-9,13-15,17-18,22,36H,2-7,10-12H2,1H3,(H,30,31,32)/t15-,17-,18?,22?. The Bertz CT molecular complexity index is 1130. The summed E-state index contributed by atoms with van der Waals surface area (Å²) in [5.41, 5.74) is 1.12. The predicted octanol–water partition coefficient (Wildman–Crippen LogP) is 2.88. The van der Waals surface area contributed by atoms with E-state index in [9.17, 15) is 23.1 Å². The lowest BCUT2D eigenvalue weighted by molar-refractivity contribution is -0.139. The Balaban J connectivity index is 1.38. The van der Waals surface area contributed by atoms with E-state index in [4.69, 9.17) is 4.74 Å². The van der Waals surface area contributed by atoms with Crippen molar-refractivity contribution in [3.63, 3.8) is 0 Å². The van der Waals surface area contributed by atoms with Gasteiger partial charge in [-0.25, -0.2) is 15.0 Å². The largest absolute Gasteiger partial charge is 0.481 e. The quantitative estimate of drug-likeness (QED) is 0.561. The Labute approximate surface area is 213 Å². The molecule has 2 aromatic heterocycles. The number of carbonyl (C=O) groups is 1. The third-order valence-electron chi connectivity index (χ3n) is 7.91. The number of nitrogens with zero attached hydrogens (tertiary/aromatic N) is 5. The van der Waals surface area contributed by atoms with Crippen LogP contribution in [0.15, 0.2) is 18.6 Å². The van der Waals surface area contributed by atoms with Gasteiger partial charge in [-0.15, -0.1) is 0 Å². The van der Waals surface area contributed by atoms with Gasteiger partial charge in [0.25, 0.3) is 0 Å². The minimum Gasteiger partial charge on any atom is -0.481 e. The zero-order valence-electron chi connectivity index (χ0n) is 20.6. The Morgan fingerprint density at radius 1 is 1.16 bits per heavy atom. The van der Waals surface area contributed by atoms with E-state index in [1.807, 2.05) is 4.90 Å². The lowest BCUT2D eigenvalue weighted by Gasteiger charge is -2.34. The third kappa shape index (κ3) is 5.29. The number of aromatic nitrogens is 3. The molecule has 3 aliphatic rings. The molecule has 2 atom stereocenters. The van der Waals surface area contributed by atoms with E-state index in [0.29, 0.717) is 50.0 Å². The van der Waals surface area contributed by atoms with E-state index in [0.717, 1.165) is 49.4 Å². The Kier molecular flexibility index (Phi) is 7.11. The van der Waals surface area contributed by atoms with Crippen LogP contribution in [0.5, 0.6) is 5.88 Å². The number of aliphatic hydroxyl groups excluding tert-OH is 1. The third-order valence-corrected chi connectivity index (χ3v) is 7.91. The Hall–Kier alpha value is -3.15. The van der Waals surface area contributed by atoms with E-state index in [1.165, 1.54) is 19.6 Å². The van der Waals surface area contributed by atoms with Crippen LogP contribution >= 0.6 is 0 Å². The number of hydrogen-bond donors (Lipinski definition) is 2. The maximum atomic E-state index is 13.6. The number of halogens is 3. The van der Waals surface area contributed by atoms with E-state index >= 15 is 0 Å². The minimum atomic E-state index is -4.59. The number of rotatable bonds is 6. The van der Waals surface area contributed by atoms with Crippen LogP contribution in [0.4, 0.5) is 24.7 Å². The van der Waals surface area contributed by atoms with Gasteiger partial charge in [0.1, 0.15) is 17.7 Å². The number of hydrogen-bond acceptors (Lipinski definition) is 8. The number of pyridine rings is 1. The molecule has 37 heavy (non-hydrogen) atoms. The first-order valence-corrected chi connectivity index (χ1v) is 12.6. The maximum Gasteiger partial charge on any atom is 0.421 e. The molecular formula is C25H31F3N6O3. The van der Waals surface area contributed by atoms with E-state index < -0.39 is 17.6 Å². The van der Waals surface area contributed by atoms with Crippen molar-refractivity contribution in [2.45, 2.75) is 57.0 Å². The fourth-order valence-corrected chi connectivity index (χ4v) is 5.95. The zero-order valence-corrected chi connectivity index (χ0v) is 20.6. The number of alkyl halides is 3.